The Labute approximate surface area is 89.6 Å². The van der Waals surface area contributed by atoms with E-state index in [4.69, 9.17) is 22.1 Å². The van der Waals surface area contributed by atoms with Crippen molar-refractivity contribution in [1.82, 2.24) is 0 Å². The molecular weight excluding hydrogens is 216 g/mol. The number of nitriles is 2. The van der Waals surface area contributed by atoms with Crippen molar-refractivity contribution in [3.8, 4) is 12.1 Å². The molecule has 0 saturated carbocycles. The number of hydrogen-bond donors (Lipinski definition) is 0. The van der Waals surface area contributed by atoms with Gasteiger partial charge in [0.25, 0.3) is 0 Å². The average Bonchev–Trinajstić information content (AvgIpc) is 2.63. The molecule has 0 unspecified atom stereocenters. The summed E-state index contributed by atoms with van der Waals surface area (Å²) in [6.45, 7) is 0. The Morgan fingerprint density at radius 3 is 2.50 bits per heavy atom. The summed E-state index contributed by atoms with van der Waals surface area (Å²) in [6.07, 6.45) is 0. The van der Waals surface area contributed by atoms with Crippen molar-refractivity contribution >= 4 is 33.0 Å². The summed E-state index contributed by atoms with van der Waals surface area (Å²) in [5, 5.41) is 20.7. The average molecular weight is 219 g/mol. The number of fused-ring (bicyclic) bond motifs is 1. The van der Waals surface area contributed by atoms with Crippen LogP contribution < -0.4 is 0 Å². The second-order valence-electron chi connectivity index (χ2n) is 2.67. The molecule has 0 aliphatic heterocycles. The summed E-state index contributed by atoms with van der Waals surface area (Å²) in [5.74, 6) is 0. The minimum Gasteiger partial charge on any atom is -0.192 e. The van der Waals surface area contributed by atoms with Crippen molar-refractivity contribution in [3.05, 3.63) is 33.7 Å². The van der Waals surface area contributed by atoms with Gasteiger partial charge >= 0.3 is 0 Å². The summed E-state index contributed by atoms with van der Waals surface area (Å²) in [4.78, 5) is 0. The smallest absolute Gasteiger partial charge is 0.101 e. The van der Waals surface area contributed by atoms with Crippen LogP contribution in [0.4, 0.5) is 0 Å². The summed E-state index contributed by atoms with van der Waals surface area (Å²) < 4.78 is 0.808. The van der Waals surface area contributed by atoms with Gasteiger partial charge < -0.3 is 0 Å². The minimum atomic E-state index is 0.502. The van der Waals surface area contributed by atoms with Crippen molar-refractivity contribution in [2.75, 3.05) is 0 Å². The number of benzene rings is 1. The SMILES string of the molecule is N#Cc1ccc(Cl)c2scc(C#N)c12. The van der Waals surface area contributed by atoms with Gasteiger partial charge in [-0.2, -0.15) is 10.5 Å². The lowest BCUT2D eigenvalue weighted by Gasteiger charge is -1.95. The molecular formula is C10H3ClN2S. The molecule has 0 amide bonds. The highest BCUT2D eigenvalue weighted by Crippen LogP contribution is 2.33. The molecule has 0 saturated heterocycles. The largest absolute Gasteiger partial charge is 0.192 e. The minimum absolute atomic E-state index is 0.502. The Kier molecular flexibility index (Phi) is 2.13. The first-order chi connectivity index (χ1) is 6.77. The van der Waals surface area contributed by atoms with E-state index in [1.165, 1.54) is 11.3 Å². The molecule has 2 aromatic rings. The fourth-order valence-electron chi connectivity index (χ4n) is 1.29. The second kappa shape index (κ2) is 3.31. The molecule has 2 nitrogen and oxygen atoms in total. The number of rotatable bonds is 0. The highest BCUT2D eigenvalue weighted by molar-refractivity contribution is 7.18. The van der Waals surface area contributed by atoms with E-state index in [1.54, 1.807) is 17.5 Å². The highest BCUT2D eigenvalue weighted by Gasteiger charge is 2.10. The van der Waals surface area contributed by atoms with Gasteiger partial charge in [0.1, 0.15) is 6.07 Å². The van der Waals surface area contributed by atoms with E-state index < -0.39 is 0 Å². The first-order valence-corrected chi connectivity index (χ1v) is 5.03. The number of halogens is 1. The van der Waals surface area contributed by atoms with Crippen LogP contribution in [0.25, 0.3) is 10.1 Å². The fraction of sp³-hybridized carbons (Fsp3) is 0. The van der Waals surface area contributed by atoms with Gasteiger partial charge in [0, 0.05) is 10.8 Å². The molecule has 1 aromatic heterocycles. The van der Waals surface area contributed by atoms with E-state index >= 15 is 0 Å². The Balaban J connectivity index is 3.00. The Morgan fingerprint density at radius 2 is 1.86 bits per heavy atom. The maximum Gasteiger partial charge on any atom is 0.101 e. The summed E-state index contributed by atoms with van der Waals surface area (Å²) in [7, 11) is 0. The van der Waals surface area contributed by atoms with Crippen LogP contribution in [0.1, 0.15) is 11.1 Å². The fourth-order valence-corrected chi connectivity index (χ4v) is 2.51. The predicted octanol–water partition coefficient (Wildman–Crippen LogP) is 3.30. The van der Waals surface area contributed by atoms with Gasteiger partial charge in [0.05, 0.1) is 26.9 Å². The zero-order valence-electron chi connectivity index (χ0n) is 6.91. The van der Waals surface area contributed by atoms with E-state index in [0.717, 1.165) is 4.70 Å². The molecule has 66 valence electrons. The Hall–Kier alpha value is -1.55. The number of thiophene rings is 1. The molecule has 0 N–H and O–H groups in total. The van der Waals surface area contributed by atoms with Crippen molar-refractivity contribution in [2.45, 2.75) is 0 Å². The molecule has 2 rings (SSSR count). The van der Waals surface area contributed by atoms with E-state index in [0.29, 0.717) is 21.5 Å². The van der Waals surface area contributed by atoms with Gasteiger partial charge in [-0.25, -0.2) is 0 Å². The maximum absolute atomic E-state index is 8.87. The quantitative estimate of drug-likeness (QED) is 0.681. The van der Waals surface area contributed by atoms with Crippen LogP contribution in [0.2, 0.25) is 5.02 Å². The monoisotopic (exact) mass is 218 g/mol. The van der Waals surface area contributed by atoms with E-state index in [1.807, 2.05) is 0 Å². The molecule has 0 aliphatic carbocycles. The third kappa shape index (κ3) is 1.15. The summed E-state index contributed by atoms with van der Waals surface area (Å²) in [6, 6.07) is 7.43. The van der Waals surface area contributed by atoms with Gasteiger partial charge in [-0.05, 0) is 12.1 Å². The zero-order chi connectivity index (χ0) is 10.1. The standard InChI is InChI=1S/C10H3ClN2S/c11-8-2-1-6(3-12)9-7(4-13)5-14-10(8)9/h1-2,5H. The normalized spacial score (nSPS) is 9.64. The van der Waals surface area contributed by atoms with Crippen LogP contribution in [-0.4, -0.2) is 0 Å². The Bertz CT molecular complexity index is 586. The van der Waals surface area contributed by atoms with Crippen LogP contribution in [0.3, 0.4) is 0 Å². The number of nitrogens with zero attached hydrogens (tertiary/aromatic N) is 2. The molecule has 0 atom stereocenters. The molecule has 1 aromatic carbocycles. The molecule has 0 fully saturated rings. The lowest BCUT2D eigenvalue weighted by atomic mass is 10.1. The van der Waals surface area contributed by atoms with Gasteiger partial charge in [0.2, 0.25) is 0 Å². The van der Waals surface area contributed by atoms with Crippen molar-refractivity contribution in [2.24, 2.45) is 0 Å². The second-order valence-corrected chi connectivity index (χ2v) is 3.96. The van der Waals surface area contributed by atoms with Crippen LogP contribution >= 0.6 is 22.9 Å². The summed E-state index contributed by atoms with van der Waals surface area (Å²) in [5.41, 5.74) is 1.02. The lowest BCUT2D eigenvalue weighted by Crippen LogP contribution is -1.78. The van der Waals surface area contributed by atoms with E-state index in [-0.39, 0.29) is 0 Å². The molecule has 0 aliphatic rings. The van der Waals surface area contributed by atoms with Crippen LogP contribution in [0.15, 0.2) is 17.5 Å². The Morgan fingerprint density at radius 1 is 1.14 bits per heavy atom. The lowest BCUT2D eigenvalue weighted by molar-refractivity contribution is 1.49. The summed E-state index contributed by atoms with van der Waals surface area (Å²) >= 11 is 7.34. The number of hydrogen-bond acceptors (Lipinski definition) is 3. The highest BCUT2D eigenvalue weighted by atomic mass is 35.5. The predicted molar refractivity (Wildman–Crippen MR) is 56.3 cm³/mol. The first-order valence-electron chi connectivity index (χ1n) is 3.78. The first kappa shape index (κ1) is 9.02. The van der Waals surface area contributed by atoms with Crippen LogP contribution in [0.5, 0.6) is 0 Å². The van der Waals surface area contributed by atoms with Crippen molar-refractivity contribution in [3.63, 3.8) is 0 Å². The van der Waals surface area contributed by atoms with Crippen molar-refractivity contribution < 1.29 is 0 Å². The maximum atomic E-state index is 8.87. The van der Waals surface area contributed by atoms with Gasteiger partial charge in [-0.1, -0.05) is 11.6 Å². The molecule has 0 radical (unpaired) electrons. The van der Waals surface area contributed by atoms with E-state index in [2.05, 4.69) is 12.1 Å². The van der Waals surface area contributed by atoms with Gasteiger partial charge in [-0.3, -0.25) is 0 Å². The van der Waals surface area contributed by atoms with Gasteiger partial charge in [0.15, 0.2) is 0 Å². The van der Waals surface area contributed by atoms with Gasteiger partial charge in [-0.15, -0.1) is 11.3 Å². The molecule has 0 spiro atoms. The molecule has 1 heterocycles. The molecule has 0 bridgehead atoms. The zero-order valence-corrected chi connectivity index (χ0v) is 8.49. The molecule has 14 heavy (non-hydrogen) atoms. The van der Waals surface area contributed by atoms with Crippen LogP contribution in [0, 0.1) is 22.7 Å². The molecule has 4 heteroatoms. The third-order valence-corrected chi connectivity index (χ3v) is 3.35. The van der Waals surface area contributed by atoms with E-state index in [9.17, 15) is 0 Å². The topological polar surface area (TPSA) is 47.6 Å². The third-order valence-electron chi connectivity index (χ3n) is 1.91. The van der Waals surface area contributed by atoms with Crippen molar-refractivity contribution in [1.29, 1.82) is 10.5 Å². The van der Waals surface area contributed by atoms with Crippen LogP contribution in [-0.2, 0) is 0 Å².